The molecule has 32 heavy (non-hydrogen) atoms. The van der Waals surface area contributed by atoms with Gasteiger partial charge in [0, 0.05) is 12.6 Å². The number of para-hydroxylation sites is 2. The van der Waals surface area contributed by atoms with E-state index >= 15 is 0 Å². The molecule has 1 amide bonds. The van der Waals surface area contributed by atoms with E-state index in [1.54, 1.807) is 0 Å². The molecule has 5 rings (SSSR count). The van der Waals surface area contributed by atoms with E-state index in [9.17, 15) is 4.79 Å². The maximum atomic E-state index is 13.5. The zero-order valence-corrected chi connectivity index (χ0v) is 18.4. The lowest BCUT2D eigenvalue weighted by molar-refractivity contribution is -0.117. The molecule has 0 saturated carbocycles. The first-order valence-electron chi connectivity index (χ1n) is 10.4. The molecule has 0 spiro atoms. The van der Waals surface area contributed by atoms with Crippen molar-refractivity contribution < 1.29 is 9.53 Å². The topological polar surface area (TPSA) is 60.2 Å². The van der Waals surface area contributed by atoms with Gasteiger partial charge in [0.25, 0.3) is 0 Å². The van der Waals surface area contributed by atoms with Gasteiger partial charge in [0.2, 0.25) is 5.91 Å². The van der Waals surface area contributed by atoms with Crippen molar-refractivity contribution in [3.8, 4) is 17.1 Å². The van der Waals surface area contributed by atoms with Gasteiger partial charge in [-0.05, 0) is 17.7 Å². The van der Waals surface area contributed by atoms with E-state index < -0.39 is 0 Å². The maximum absolute atomic E-state index is 13.5. The molecule has 0 saturated heterocycles. The van der Waals surface area contributed by atoms with Gasteiger partial charge >= 0.3 is 0 Å². The summed E-state index contributed by atoms with van der Waals surface area (Å²) in [5, 5.41) is 9.34. The fourth-order valence-corrected chi connectivity index (χ4v) is 4.66. The van der Waals surface area contributed by atoms with E-state index in [0.29, 0.717) is 11.8 Å². The molecule has 1 atom stereocenters. The lowest BCUT2D eigenvalue weighted by Crippen LogP contribution is -2.42. The van der Waals surface area contributed by atoms with E-state index in [1.807, 2.05) is 101 Å². The molecule has 1 unspecified atom stereocenters. The van der Waals surface area contributed by atoms with Crippen LogP contribution in [0.2, 0.25) is 0 Å². The monoisotopic (exact) mass is 442 g/mol. The third-order valence-corrected chi connectivity index (χ3v) is 6.48. The van der Waals surface area contributed by atoms with Crippen molar-refractivity contribution in [2.45, 2.75) is 11.2 Å². The normalized spacial score (nSPS) is 15.2. The van der Waals surface area contributed by atoms with Crippen LogP contribution in [0.5, 0.6) is 5.75 Å². The number of anilines is 1. The number of fused-ring (bicyclic) bond motifs is 1. The summed E-state index contributed by atoms with van der Waals surface area (Å²) >= 11 is 1.39. The van der Waals surface area contributed by atoms with Gasteiger partial charge < -0.3 is 9.30 Å². The van der Waals surface area contributed by atoms with Crippen LogP contribution in [-0.2, 0) is 11.8 Å². The highest BCUT2D eigenvalue weighted by Gasteiger charge is 2.33. The Labute approximate surface area is 190 Å². The highest BCUT2D eigenvalue weighted by molar-refractivity contribution is 7.99. The number of nitrogens with zero attached hydrogens (tertiary/aromatic N) is 4. The summed E-state index contributed by atoms with van der Waals surface area (Å²) < 4.78 is 7.90. The van der Waals surface area contributed by atoms with Crippen LogP contribution < -0.4 is 9.64 Å². The number of rotatable bonds is 5. The first kappa shape index (κ1) is 20.3. The number of carbonyl (C=O) groups excluding carboxylic acids is 1. The van der Waals surface area contributed by atoms with Crippen LogP contribution in [0.15, 0.2) is 90.1 Å². The summed E-state index contributed by atoms with van der Waals surface area (Å²) in [7, 11) is 1.92. The third-order valence-electron chi connectivity index (χ3n) is 5.48. The first-order chi connectivity index (χ1) is 15.7. The molecule has 7 heteroatoms. The van der Waals surface area contributed by atoms with Crippen LogP contribution in [-0.4, -0.2) is 33.0 Å². The van der Waals surface area contributed by atoms with Gasteiger partial charge in [0.1, 0.15) is 12.4 Å². The second-order valence-corrected chi connectivity index (χ2v) is 8.43. The van der Waals surface area contributed by atoms with Crippen LogP contribution in [0, 0.1) is 0 Å². The Bertz CT molecular complexity index is 1230. The van der Waals surface area contributed by atoms with Crippen molar-refractivity contribution in [1.82, 2.24) is 14.8 Å². The van der Waals surface area contributed by atoms with Crippen molar-refractivity contribution in [3.05, 3.63) is 90.5 Å². The molecular weight excluding hydrogens is 420 g/mol. The minimum Gasteiger partial charge on any atom is -0.489 e. The molecule has 3 aromatic carbocycles. The Hall–Kier alpha value is -3.58. The number of hydrogen-bond donors (Lipinski definition) is 0. The van der Waals surface area contributed by atoms with Crippen molar-refractivity contribution >= 4 is 23.4 Å². The van der Waals surface area contributed by atoms with Gasteiger partial charge in [-0.2, -0.15) is 0 Å². The minimum atomic E-state index is -0.182. The molecule has 1 aromatic heterocycles. The number of ether oxygens (including phenoxy) is 1. The molecule has 2 heterocycles. The van der Waals surface area contributed by atoms with E-state index in [-0.39, 0.29) is 17.7 Å². The highest BCUT2D eigenvalue weighted by Crippen LogP contribution is 2.39. The summed E-state index contributed by atoms with van der Waals surface area (Å²) in [6.45, 7) is 0.416. The zero-order chi connectivity index (χ0) is 21.9. The summed E-state index contributed by atoms with van der Waals surface area (Å²) in [4.78, 5) is 15.4. The van der Waals surface area contributed by atoms with Gasteiger partial charge in [-0.15, -0.1) is 10.2 Å². The average molecular weight is 443 g/mol. The number of benzene rings is 3. The average Bonchev–Trinajstić information content (AvgIpc) is 3.23. The Morgan fingerprint density at radius 2 is 1.66 bits per heavy atom. The van der Waals surface area contributed by atoms with Gasteiger partial charge in [-0.25, -0.2) is 0 Å². The maximum Gasteiger partial charge on any atom is 0.238 e. The number of aromatic nitrogens is 3. The van der Waals surface area contributed by atoms with E-state index in [4.69, 9.17) is 4.74 Å². The second kappa shape index (κ2) is 8.88. The number of carbonyl (C=O) groups is 1. The highest BCUT2D eigenvalue weighted by atomic mass is 32.2. The van der Waals surface area contributed by atoms with Gasteiger partial charge in [-0.1, -0.05) is 84.6 Å². The molecule has 6 nitrogen and oxygen atoms in total. The van der Waals surface area contributed by atoms with Crippen molar-refractivity contribution in [2.24, 2.45) is 7.05 Å². The summed E-state index contributed by atoms with van der Waals surface area (Å²) in [5.74, 6) is 1.75. The van der Waals surface area contributed by atoms with Crippen LogP contribution in [0.4, 0.5) is 5.69 Å². The molecule has 1 aliphatic heterocycles. The quantitative estimate of drug-likeness (QED) is 0.418. The van der Waals surface area contributed by atoms with E-state index in [2.05, 4.69) is 10.2 Å². The Morgan fingerprint density at radius 3 is 2.44 bits per heavy atom. The molecule has 0 radical (unpaired) electrons. The third kappa shape index (κ3) is 3.87. The number of amides is 1. The van der Waals surface area contributed by atoms with E-state index in [0.717, 1.165) is 28.4 Å². The van der Waals surface area contributed by atoms with Crippen LogP contribution >= 0.6 is 11.8 Å². The fourth-order valence-electron chi connectivity index (χ4n) is 3.89. The molecule has 0 fully saturated rings. The molecule has 0 N–H and O–H groups in total. The SMILES string of the molecule is Cn1c(SCC(=O)N2c3ccccc3OCC2c2ccccc2)nnc1-c1ccccc1. The minimum absolute atomic E-state index is 0.00358. The number of hydrogen-bond acceptors (Lipinski definition) is 5. The van der Waals surface area contributed by atoms with Gasteiger partial charge in [0.05, 0.1) is 17.5 Å². The Kier molecular flexibility index (Phi) is 5.64. The predicted molar refractivity (Wildman–Crippen MR) is 126 cm³/mol. The smallest absolute Gasteiger partial charge is 0.238 e. The van der Waals surface area contributed by atoms with Gasteiger partial charge in [-0.3, -0.25) is 9.69 Å². The lowest BCUT2D eigenvalue weighted by Gasteiger charge is -2.37. The van der Waals surface area contributed by atoms with E-state index in [1.165, 1.54) is 11.8 Å². The standard InChI is InChI=1S/C25H22N4O2S/c1-28-24(19-12-6-3-7-13-19)26-27-25(28)32-17-23(30)29-20-14-8-9-15-22(20)31-16-21(29)18-10-4-2-5-11-18/h2-15,21H,16-17H2,1H3. The number of thioether (sulfide) groups is 1. The second-order valence-electron chi connectivity index (χ2n) is 7.49. The van der Waals surface area contributed by atoms with Crippen molar-refractivity contribution in [2.75, 3.05) is 17.3 Å². The van der Waals surface area contributed by atoms with Crippen LogP contribution in [0.1, 0.15) is 11.6 Å². The largest absolute Gasteiger partial charge is 0.489 e. The molecule has 0 aliphatic carbocycles. The zero-order valence-electron chi connectivity index (χ0n) is 17.6. The fraction of sp³-hybridized carbons (Fsp3) is 0.160. The Balaban J connectivity index is 1.39. The van der Waals surface area contributed by atoms with Crippen LogP contribution in [0.3, 0.4) is 0 Å². The molecular formula is C25H22N4O2S. The predicted octanol–water partition coefficient (Wildman–Crippen LogP) is 4.74. The van der Waals surface area contributed by atoms with Crippen molar-refractivity contribution in [1.29, 1.82) is 0 Å². The summed E-state index contributed by atoms with van der Waals surface area (Å²) in [6.07, 6.45) is 0. The van der Waals surface area contributed by atoms with Crippen molar-refractivity contribution in [3.63, 3.8) is 0 Å². The molecule has 4 aromatic rings. The molecule has 0 bridgehead atoms. The summed E-state index contributed by atoms with van der Waals surface area (Å²) in [5.41, 5.74) is 2.83. The molecule has 1 aliphatic rings. The lowest BCUT2D eigenvalue weighted by atomic mass is 10.0. The molecule has 160 valence electrons. The van der Waals surface area contributed by atoms with Gasteiger partial charge in [0.15, 0.2) is 11.0 Å². The Morgan fingerprint density at radius 1 is 0.969 bits per heavy atom. The first-order valence-corrected chi connectivity index (χ1v) is 11.4. The summed E-state index contributed by atoms with van der Waals surface area (Å²) in [6, 6.07) is 27.4. The van der Waals surface area contributed by atoms with Crippen LogP contribution in [0.25, 0.3) is 11.4 Å².